The van der Waals surface area contributed by atoms with Crippen molar-refractivity contribution in [3.63, 3.8) is 0 Å². The van der Waals surface area contributed by atoms with Gasteiger partial charge in [0.05, 0.1) is 12.6 Å². The van der Waals surface area contributed by atoms with Gasteiger partial charge in [0.1, 0.15) is 0 Å². The highest BCUT2D eigenvalue weighted by molar-refractivity contribution is 5.76. The molecule has 16 heavy (non-hydrogen) atoms. The standard InChI is InChI=1S/C12H26N2O2/c1-4-11(8-15)14-12(16)6-10(7-13)5-9(2)3/h9-11,15H,4-8,13H2,1-3H3,(H,14,16)/t10-,11?/m0/s1. The minimum atomic E-state index is -0.120. The third-order valence-corrected chi connectivity index (χ3v) is 2.69. The highest BCUT2D eigenvalue weighted by atomic mass is 16.3. The van der Waals surface area contributed by atoms with Crippen molar-refractivity contribution in [2.24, 2.45) is 17.6 Å². The van der Waals surface area contributed by atoms with Crippen molar-refractivity contribution in [1.82, 2.24) is 5.32 Å². The molecule has 0 spiro atoms. The summed E-state index contributed by atoms with van der Waals surface area (Å²) in [7, 11) is 0. The number of rotatable bonds is 8. The van der Waals surface area contributed by atoms with Crippen LogP contribution in [0, 0.1) is 11.8 Å². The molecule has 0 aliphatic carbocycles. The lowest BCUT2D eigenvalue weighted by Crippen LogP contribution is -2.38. The van der Waals surface area contributed by atoms with Gasteiger partial charge >= 0.3 is 0 Å². The van der Waals surface area contributed by atoms with Gasteiger partial charge in [0.2, 0.25) is 5.91 Å². The highest BCUT2D eigenvalue weighted by Gasteiger charge is 2.16. The number of aliphatic hydroxyl groups is 1. The molecule has 96 valence electrons. The first-order chi connectivity index (χ1) is 7.53. The van der Waals surface area contributed by atoms with Gasteiger partial charge in [-0.25, -0.2) is 0 Å². The van der Waals surface area contributed by atoms with E-state index in [0.717, 1.165) is 12.8 Å². The summed E-state index contributed by atoms with van der Waals surface area (Å²) >= 11 is 0. The second-order valence-corrected chi connectivity index (χ2v) is 4.79. The van der Waals surface area contributed by atoms with E-state index < -0.39 is 0 Å². The van der Waals surface area contributed by atoms with Crippen LogP contribution in [0.3, 0.4) is 0 Å². The molecule has 0 aliphatic heterocycles. The molecule has 0 aliphatic rings. The van der Waals surface area contributed by atoms with Crippen LogP contribution in [0.5, 0.6) is 0 Å². The van der Waals surface area contributed by atoms with E-state index in [2.05, 4.69) is 19.2 Å². The lowest BCUT2D eigenvalue weighted by molar-refractivity contribution is -0.123. The van der Waals surface area contributed by atoms with Crippen molar-refractivity contribution in [3.05, 3.63) is 0 Å². The van der Waals surface area contributed by atoms with Gasteiger partial charge in [-0.15, -0.1) is 0 Å². The summed E-state index contributed by atoms with van der Waals surface area (Å²) in [5.41, 5.74) is 5.64. The molecular formula is C12H26N2O2. The Morgan fingerprint density at radius 1 is 1.44 bits per heavy atom. The lowest BCUT2D eigenvalue weighted by Gasteiger charge is -2.19. The molecule has 4 N–H and O–H groups in total. The van der Waals surface area contributed by atoms with Gasteiger partial charge < -0.3 is 16.2 Å². The summed E-state index contributed by atoms with van der Waals surface area (Å²) in [5.74, 6) is 0.800. The Balaban J connectivity index is 3.99. The maximum Gasteiger partial charge on any atom is 0.220 e. The maximum absolute atomic E-state index is 11.6. The van der Waals surface area contributed by atoms with Gasteiger partial charge in [0, 0.05) is 6.42 Å². The zero-order chi connectivity index (χ0) is 12.6. The Hall–Kier alpha value is -0.610. The second kappa shape index (κ2) is 8.53. The Morgan fingerprint density at radius 2 is 2.06 bits per heavy atom. The van der Waals surface area contributed by atoms with E-state index in [0.29, 0.717) is 18.9 Å². The van der Waals surface area contributed by atoms with Crippen molar-refractivity contribution in [1.29, 1.82) is 0 Å². The third kappa shape index (κ3) is 6.80. The van der Waals surface area contributed by atoms with Crippen molar-refractivity contribution in [3.8, 4) is 0 Å². The number of amides is 1. The molecule has 4 nitrogen and oxygen atoms in total. The molecule has 0 fully saturated rings. The van der Waals surface area contributed by atoms with Crippen LogP contribution in [0.15, 0.2) is 0 Å². The maximum atomic E-state index is 11.6. The molecule has 1 unspecified atom stereocenters. The first-order valence-corrected chi connectivity index (χ1v) is 6.13. The molecule has 0 bridgehead atoms. The molecule has 0 radical (unpaired) electrons. The van der Waals surface area contributed by atoms with Crippen LogP contribution in [0.4, 0.5) is 0 Å². The van der Waals surface area contributed by atoms with Gasteiger partial charge in [0.25, 0.3) is 0 Å². The van der Waals surface area contributed by atoms with Crippen LogP contribution in [-0.4, -0.2) is 30.2 Å². The number of nitrogens with two attached hydrogens (primary N) is 1. The van der Waals surface area contributed by atoms with Crippen LogP contribution in [0.1, 0.15) is 40.0 Å². The van der Waals surface area contributed by atoms with E-state index in [-0.39, 0.29) is 24.5 Å². The molecule has 0 aromatic rings. The minimum absolute atomic E-state index is 0.000285. The fourth-order valence-electron chi connectivity index (χ4n) is 1.76. The van der Waals surface area contributed by atoms with Crippen LogP contribution in [-0.2, 0) is 4.79 Å². The molecule has 0 aromatic heterocycles. The predicted octanol–water partition coefficient (Wildman–Crippen LogP) is 0.885. The first kappa shape index (κ1) is 15.4. The Labute approximate surface area is 98.6 Å². The average molecular weight is 230 g/mol. The van der Waals surface area contributed by atoms with Crippen molar-refractivity contribution in [2.45, 2.75) is 46.1 Å². The van der Waals surface area contributed by atoms with Crippen molar-refractivity contribution < 1.29 is 9.90 Å². The van der Waals surface area contributed by atoms with E-state index in [1.54, 1.807) is 0 Å². The fourth-order valence-corrected chi connectivity index (χ4v) is 1.76. The normalized spacial score (nSPS) is 14.9. The Kier molecular flexibility index (Phi) is 8.21. The lowest BCUT2D eigenvalue weighted by atomic mass is 9.94. The topological polar surface area (TPSA) is 75.3 Å². The van der Waals surface area contributed by atoms with Crippen molar-refractivity contribution >= 4 is 5.91 Å². The van der Waals surface area contributed by atoms with Crippen LogP contribution < -0.4 is 11.1 Å². The number of carbonyl (C=O) groups excluding carboxylic acids is 1. The summed E-state index contributed by atoms with van der Waals surface area (Å²) in [6, 6.07) is -0.120. The number of aliphatic hydroxyl groups excluding tert-OH is 1. The van der Waals surface area contributed by atoms with E-state index in [1.165, 1.54) is 0 Å². The van der Waals surface area contributed by atoms with E-state index in [4.69, 9.17) is 10.8 Å². The molecule has 0 saturated heterocycles. The van der Waals surface area contributed by atoms with Gasteiger partial charge in [-0.1, -0.05) is 20.8 Å². The predicted molar refractivity (Wildman–Crippen MR) is 65.9 cm³/mol. The van der Waals surface area contributed by atoms with Crippen molar-refractivity contribution in [2.75, 3.05) is 13.2 Å². The molecule has 4 heteroatoms. The smallest absolute Gasteiger partial charge is 0.220 e. The zero-order valence-corrected chi connectivity index (χ0v) is 10.7. The number of hydrogen-bond acceptors (Lipinski definition) is 3. The number of carbonyl (C=O) groups is 1. The molecular weight excluding hydrogens is 204 g/mol. The third-order valence-electron chi connectivity index (χ3n) is 2.69. The molecule has 0 heterocycles. The van der Waals surface area contributed by atoms with E-state index in [9.17, 15) is 4.79 Å². The summed E-state index contributed by atoms with van der Waals surface area (Å²) < 4.78 is 0. The minimum Gasteiger partial charge on any atom is -0.394 e. The molecule has 0 aromatic carbocycles. The fraction of sp³-hybridized carbons (Fsp3) is 0.917. The molecule has 2 atom stereocenters. The molecule has 1 amide bonds. The van der Waals surface area contributed by atoms with Gasteiger partial charge in [-0.2, -0.15) is 0 Å². The second-order valence-electron chi connectivity index (χ2n) is 4.79. The summed E-state index contributed by atoms with van der Waals surface area (Å²) in [5, 5.41) is 11.8. The van der Waals surface area contributed by atoms with Crippen LogP contribution in [0.25, 0.3) is 0 Å². The number of hydrogen-bond donors (Lipinski definition) is 3. The summed E-state index contributed by atoms with van der Waals surface area (Å²) in [4.78, 5) is 11.6. The largest absolute Gasteiger partial charge is 0.394 e. The average Bonchev–Trinajstić information content (AvgIpc) is 2.24. The first-order valence-electron chi connectivity index (χ1n) is 6.13. The van der Waals surface area contributed by atoms with E-state index >= 15 is 0 Å². The van der Waals surface area contributed by atoms with Gasteiger partial charge in [-0.3, -0.25) is 4.79 Å². The Morgan fingerprint density at radius 3 is 2.44 bits per heavy atom. The SMILES string of the molecule is CCC(CO)NC(=O)C[C@@H](CN)CC(C)C. The van der Waals surface area contributed by atoms with Crippen LogP contribution >= 0.6 is 0 Å². The quantitative estimate of drug-likeness (QED) is 0.579. The summed E-state index contributed by atoms with van der Waals surface area (Å²) in [6.45, 7) is 6.74. The molecule has 0 saturated carbocycles. The van der Waals surface area contributed by atoms with Gasteiger partial charge in [-0.05, 0) is 31.2 Å². The van der Waals surface area contributed by atoms with E-state index in [1.807, 2.05) is 6.92 Å². The molecule has 0 rings (SSSR count). The monoisotopic (exact) mass is 230 g/mol. The summed E-state index contributed by atoms with van der Waals surface area (Å²) in [6.07, 6.45) is 2.19. The highest BCUT2D eigenvalue weighted by Crippen LogP contribution is 2.14. The number of nitrogens with one attached hydrogen (secondary N) is 1. The van der Waals surface area contributed by atoms with Gasteiger partial charge in [0.15, 0.2) is 0 Å². The Bertz CT molecular complexity index is 191. The zero-order valence-electron chi connectivity index (χ0n) is 10.7. The van der Waals surface area contributed by atoms with Crippen LogP contribution in [0.2, 0.25) is 0 Å².